The van der Waals surface area contributed by atoms with Crippen molar-refractivity contribution in [1.29, 1.82) is 0 Å². The summed E-state index contributed by atoms with van der Waals surface area (Å²) in [7, 11) is 3.13. The number of aryl methyl sites for hydroxylation is 2. The molecule has 8 heteroatoms. The van der Waals surface area contributed by atoms with Crippen molar-refractivity contribution in [3.63, 3.8) is 0 Å². The Morgan fingerprint density at radius 2 is 1.79 bits per heavy atom. The minimum atomic E-state index is -0.146. The van der Waals surface area contributed by atoms with E-state index in [4.69, 9.17) is 9.47 Å². The number of rotatable bonds is 8. The first-order valence-electron chi connectivity index (χ1n) is 11.1. The van der Waals surface area contributed by atoms with Crippen molar-refractivity contribution < 1.29 is 14.3 Å². The Bertz CT molecular complexity index is 1390. The van der Waals surface area contributed by atoms with Gasteiger partial charge in [-0.1, -0.05) is 18.2 Å². The van der Waals surface area contributed by atoms with Crippen molar-refractivity contribution in [3.8, 4) is 17.2 Å². The van der Waals surface area contributed by atoms with Crippen molar-refractivity contribution in [3.05, 3.63) is 76.5 Å². The third-order valence-electron chi connectivity index (χ3n) is 6.01. The number of hydrogen-bond donors (Lipinski definition) is 1. The van der Waals surface area contributed by atoms with Gasteiger partial charge in [-0.3, -0.25) is 9.59 Å². The first-order chi connectivity index (χ1) is 16.4. The quantitative estimate of drug-likeness (QED) is 0.425. The number of hydrogen-bond acceptors (Lipinski definition) is 5. The van der Waals surface area contributed by atoms with E-state index >= 15 is 0 Å². The molecule has 0 aliphatic carbocycles. The lowest BCUT2D eigenvalue weighted by atomic mass is 10.2. The van der Waals surface area contributed by atoms with E-state index in [-0.39, 0.29) is 11.5 Å². The molecule has 2 heterocycles. The number of nitrogens with one attached hydrogen (secondary N) is 1. The van der Waals surface area contributed by atoms with Gasteiger partial charge in [-0.05, 0) is 44.5 Å². The van der Waals surface area contributed by atoms with Crippen molar-refractivity contribution in [2.45, 2.75) is 33.2 Å². The van der Waals surface area contributed by atoms with E-state index in [1.807, 2.05) is 44.2 Å². The Morgan fingerprint density at radius 3 is 2.50 bits per heavy atom. The summed E-state index contributed by atoms with van der Waals surface area (Å²) in [6.45, 7) is 4.53. The number of benzene rings is 2. The molecule has 0 saturated carbocycles. The molecule has 1 amide bonds. The highest BCUT2D eigenvalue weighted by Crippen LogP contribution is 2.29. The maximum absolute atomic E-state index is 13.2. The zero-order valence-electron chi connectivity index (χ0n) is 19.8. The van der Waals surface area contributed by atoms with Crippen LogP contribution in [0.5, 0.6) is 11.5 Å². The minimum absolute atomic E-state index is 0.108. The lowest BCUT2D eigenvalue weighted by molar-refractivity contribution is -0.116. The van der Waals surface area contributed by atoms with Crippen molar-refractivity contribution in [2.24, 2.45) is 0 Å². The van der Waals surface area contributed by atoms with Gasteiger partial charge in [-0.25, -0.2) is 0 Å². The molecule has 34 heavy (non-hydrogen) atoms. The maximum Gasteiger partial charge on any atom is 0.281 e. The van der Waals surface area contributed by atoms with E-state index in [1.165, 1.54) is 4.68 Å². The Kier molecular flexibility index (Phi) is 6.67. The number of nitrogens with zero attached hydrogens (tertiary/aromatic N) is 3. The zero-order valence-corrected chi connectivity index (χ0v) is 19.8. The Labute approximate surface area is 197 Å². The number of methoxy groups -OCH3 is 2. The molecule has 2 aromatic carbocycles. The second kappa shape index (κ2) is 9.82. The van der Waals surface area contributed by atoms with E-state index in [0.29, 0.717) is 42.0 Å². The normalized spacial score (nSPS) is 10.9. The van der Waals surface area contributed by atoms with Crippen LogP contribution in [0.4, 0.5) is 5.69 Å². The van der Waals surface area contributed by atoms with Gasteiger partial charge in [0, 0.05) is 35.8 Å². The SMILES string of the molecule is COc1ccc(NC(=O)CCCn2c(C)c3cnn(-c4ccccc4)c(=O)c3c2C)c(OC)c1. The first-order valence-corrected chi connectivity index (χ1v) is 11.1. The molecule has 176 valence electrons. The highest BCUT2D eigenvalue weighted by Gasteiger charge is 2.17. The van der Waals surface area contributed by atoms with Gasteiger partial charge in [-0.15, -0.1) is 0 Å². The fourth-order valence-electron chi connectivity index (χ4n) is 4.21. The Hall–Kier alpha value is -4.07. The average molecular weight is 461 g/mol. The number of amides is 1. The van der Waals surface area contributed by atoms with Gasteiger partial charge in [0.2, 0.25) is 5.91 Å². The van der Waals surface area contributed by atoms with Crippen LogP contribution >= 0.6 is 0 Å². The fraction of sp³-hybridized carbons (Fsp3) is 0.269. The van der Waals surface area contributed by atoms with Crippen LogP contribution < -0.4 is 20.3 Å². The molecule has 0 unspecified atom stereocenters. The van der Waals surface area contributed by atoms with Crippen LogP contribution in [0.25, 0.3) is 16.5 Å². The molecule has 0 saturated heterocycles. The molecule has 8 nitrogen and oxygen atoms in total. The number of carbonyl (C=O) groups excluding carboxylic acids is 1. The molecular formula is C26H28N4O4. The van der Waals surface area contributed by atoms with E-state index in [0.717, 1.165) is 22.5 Å². The summed E-state index contributed by atoms with van der Waals surface area (Å²) in [6.07, 6.45) is 2.69. The number of para-hydroxylation sites is 1. The van der Waals surface area contributed by atoms with E-state index < -0.39 is 0 Å². The lowest BCUT2D eigenvalue weighted by Gasteiger charge is -2.12. The molecule has 0 aliphatic rings. The second-order valence-corrected chi connectivity index (χ2v) is 8.03. The molecular weight excluding hydrogens is 432 g/mol. The molecule has 1 N–H and O–H groups in total. The summed E-state index contributed by atoms with van der Waals surface area (Å²) in [5, 5.41) is 8.77. The van der Waals surface area contributed by atoms with Gasteiger partial charge in [0.25, 0.3) is 5.56 Å². The minimum Gasteiger partial charge on any atom is -0.497 e. The van der Waals surface area contributed by atoms with Gasteiger partial charge in [0.15, 0.2) is 0 Å². The highest BCUT2D eigenvalue weighted by atomic mass is 16.5. The number of carbonyl (C=O) groups is 1. The smallest absolute Gasteiger partial charge is 0.281 e. The first kappa shape index (κ1) is 23.1. The van der Waals surface area contributed by atoms with Crippen LogP contribution in [0, 0.1) is 13.8 Å². The predicted molar refractivity (Wildman–Crippen MR) is 132 cm³/mol. The summed E-state index contributed by atoms with van der Waals surface area (Å²) in [5.74, 6) is 1.09. The average Bonchev–Trinajstić information content (AvgIpc) is 3.10. The monoisotopic (exact) mass is 460 g/mol. The number of aromatic nitrogens is 3. The van der Waals surface area contributed by atoms with Crippen molar-refractivity contribution in [1.82, 2.24) is 14.3 Å². The van der Waals surface area contributed by atoms with Crippen LogP contribution in [0.15, 0.2) is 59.5 Å². The predicted octanol–water partition coefficient (Wildman–Crippen LogP) is 4.24. The van der Waals surface area contributed by atoms with Crippen LogP contribution in [0.3, 0.4) is 0 Å². The standard InChI is InChI=1S/C26H28N4O4/c1-17-21-16-27-30(19-9-6-5-7-10-19)26(32)25(21)18(2)29(17)14-8-11-24(31)28-22-13-12-20(33-3)15-23(22)34-4/h5-7,9-10,12-13,15-16H,8,11,14H2,1-4H3,(H,28,31). The molecule has 0 spiro atoms. The van der Waals surface area contributed by atoms with Gasteiger partial charge in [0.1, 0.15) is 11.5 Å². The molecule has 0 fully saturated rings. The summed E-state index contributed by atoms with van der Waals surface area (Å²) in [4.78, 5) is 25.8. The molecule has 4 rings (SSSR count). The van der Waals surface area contributed by atoms with E-state index in [9.17, 15) is 9.59 Å². The van der Waals surface area contributed by atoms with Crippen LogP contribution in [-0.2, 0) is 11.3 Å². The topological polar surface area (TPSA) is 87.4 Å². The van der Waals surface area contributed by atoms with Gasteiger partial charge >= 0.3 is 0 Å². The molecule has 0 atom stereocenters. The third-order valence-corrected chi connectivity index (χ3v) is 6.01. The number of anilines is 1. The maximum atomic E-state index is 13.2. The lowest BCUT2D eigenvalue weighted by Crippen LogP contribution is -2.21. The zero-order chi connectivity index (χ0) is 24.2. The van der Waals surface area contributed by atoms with E-state index in [2.05, 4.69) is 15.0 Å². The summed E-state index contributed by atoms with van der Waals surface area (Å²) in [5.41, 5.74) is 3.02. The molecule has 0 bridgehead atoms. The Balaban J connectivity index is 1.49. The van der Waals surface area contributed by atoms with Crippen molar-refractivity contribution >= 4 is 22.4 Å². The highest BCUT2D eigenvalue weighted by molar-refractivity contribution is 5.92. The fourth-order valence-corrected chi connectivity index (χ4v) is 4.21. The van der Waals surface area contributed by atoms with Gasteiger partial charge in [0.05, 0.1) is 37.2 Å². The summed E-state index contributed by atoms with van der Waals surface area (Å²) >= 11 is 0. The molecule has 4 aromatic rings. The number of ether oxygens (including phenoxy) is 2. The summed E-state index contributed by atoms with van der Waals surface area (Å²) in [6, 6.07) is 14.6. The third kappa shape index (κ3) is 4.39. The summed E-state index contributed by atoms with van der Waals surface area (Å²) < 4.78 is 14.1. The van der Waals surface area contributed by atoms with Crippen LogP contribution in [0.1, 0.15) is 24.2 Å². The molecule has 2 aromatic heterocycles. The Morgan fingerprint density at radius 1 is 1.03 bits per heavy atom. The van der Waals surface area contributed by atoms with Crippen LogP contribution in [0.2, 0.25) is 0 Å². The van der Waals surface area contributed by atoms with Crippen molar-refractivity contribution in [2.75, 3.05) is 19.5 Å². The van der Waals surface area contributed by atoms with Gasteiger partial charge in [-0.2, -0.15) is 9.78 Å². The number of fused-ring (bicyclic) bond motifs is 1. The second-order valence-electron chi connectivity index (χ2n) is 8.03. The van der Waals surface area contributed by atoms with Crippen LogP contribution in [-0.4, -0.2) is 34.5 Å². The van der Waals surface area contributed by atoms with E-state index in [1.54, 1.807) is 38.6 Å². The molecule has 0 radical (unpaired) electrons. The molecule has 0 aliphatic heterocycles. The van der Waals surface area contributed by atoms with Gasteiger partial charge < -0.3 is 19.4 Å². The largest absolute Gasteiger partial charge is 0.497 e.